The third-order valence-electron chi connectivity index (χ3n) is 4.35. The Morgan fingerprint density at radius 3 is 3.04 bits per heavy atom. The molecule has 1 saturated heterocycles. The SMILES string of the molecule is Cc1cc(NC2CCCN(c3ccccc3F)C2)n2ncnc2n1. The van der Waals surface area contributed by atoms with Gasteiger partial charge in [0, 0.05) is 30.9 Å². The van der Waals surface area contributed by atoms with E-state index in [1.807, 2.05) is 25.1 Å². The van der Waals surface area contributed by atoms with Gasteiger partial charge in [-0.05, 0) is 31.9 Å². The van der Waals surface area contributed by atoms with Gasteiger partial charge in [0.2, 0.25) is 0 Å². The molecule has 4 rings (SSSR count). The predicted octanol–water partition coefficient (Wildman–Crippen LogP) is 2.65. The molecule has 6 nitrogen and oxygen atoms in total. The van der Waals surface area contributed by atoms with Crippen molar-refractivity contribution in [2.24, 2.45) is 0 Å². The lowest BCUT2D eigenvalue weighted by molar-refractivity contribution is 0.517. The highest BCUT2D eigenvalue weighted by Crippen LogP contribution is 2.24. The summed E-state index contributed by atoms with van der Waals surface area (Å²) in [7, 11) is 0. The first kappa shape index (κ1) is 14.9. The van der Waals surface area contributed by atoms with Crippen molar-refractivity contribution >= 4 is 17.3 Å². The number of para-hydroxylation sites is 1. The van der Waals surface area contributed by atoms with Gasteiger partial charge < -0.3 is 10.2 Å². The molecular weight excluding hydrogens is 307 g/mol. The van der Waals surface area contributed by atoms with Gasteiger partial charge in [0.15, 0.2) is 0 Å². The van der Waals surface area contributed by atoms with Crippen LogP contribution in [0.25, 0.3) is 5.78 Å². The zero-order valence-electron chi connectivity index (χ0n) is 13.5. The van der Waals surface area contributed by atoms with E-state index in [0.717, 1.165) is 37.4 Å². The third kappa shape index (κ3) is 2.77. The number of hydrogen-bond donors (Lipinski definition) is 1. The number of piperidine rings is 1. The second-order valence-electron chi connectivity index (χ2n) is 6.14. The van der Waals surface area contributed by atoms with Gasteiger partial charge in [-0.3, -0.25) is 0 Å². The zero-order valence-corrected chi connectivity index (χ0v) is 13.5. The molecule has 1 fully saturated rings. The number of halogens is 1. The molecule has 0 spiro atoms. The number of aromatic nitrogens is 4. The van der Waals surface area contributed by atoms with E-state index in [2.05, 4.69) is 25.3 Å². The minimum Gasteiger partial charge on any atom is -0.367 e. The van der Waals surface area contributed by atoms with Crippen molar-refractivity contribution in [2.45, 2.75) is 25.8 Å². The summed E-state index contributed by atoms with van der Waals surface area (Å²) >= 11 is 0. The summed E-state index contributed by atoms with van der Waals surface area (Å²) in [5, 5.41) is 7.75. The second-order valence-corrected chi connectivity index (χ2v) is 6.14. The molecule has 1 aliphatic rings. The Kier molecular flexibility index (Phi) is 3.76. The molecule has 0 amide bonds. The molecule has 0 radical (unpaired) electrons. The van der Waals surface area contributed by atoms with Crippen LogP contribution in [0.2, 0.25) is 0 Å². The maximum absolute atomic E-state index is 14.1. The van der Waals surface area contributed by atoms with E-state index >= 15 is 0 Å². The van der Waals surface area contributed by atoms with Crippen LogP contribution in [-0.2, 0) is 0 Å². The number of hydrogen-bond acceptors (Lipinski definition) is 5. The Labute approximate surface area is 139 Å². The number of aryl methyl sites for hydroxylation is 1. The lowest BCUT2D eigenvalue weighted by atomic mass is 10.0. The Hall–Kier alpha value is -2.70. The van der Waals surface area contributed by atoms with E-state index in [9.17, 15) is 4.39 Å². The Morgan fingerprint density at radius 2 is 2.17 bits per heavy atom. The van der Waals surface area contributed by atoms with Gasteiger partial charge >= 0.3 is 0 Å². The zero-order chi connectivity index (χ0) is 16.5. The summed E-state index contributed by atoms with van der Waals surface area (Å²) < 4.78 is 15.8. The molecular formula is C17H19FN6. The topological polar surface area (TPSA) is 58.4 Å². The summed E-state index contributed by atoms with van der Waals surface area (Å²) in [6.07, 6.45) is 3.54. The fourth-order valence-corrected chi connectivity index (χ4v) is 3.26. The average Bonchev–Trinajstić information content (AvgIpc) is 3.04. The molecule has 1 atom stereocenters. The lowest BCUT2D eigenvalue weighted by Crippen LogP contribution is -2.42. The largest absolute Gasteiger partial charge is 0.367 e. The van der Waals surface area contributed by atoms with Crippen LogP contribution in [0.5, 0.6) is 0 Å². The smallest absolute Gasteiger partial charge is 0.254 e. The van der Waals surface area contributed by atoms with Gasteiger partial charge in [0.1, 0.15) is 18.0 Å². The van der Waals surface area contributed by atoms with Crippen LogP contribution in [0.15, 0.2) is 36.7 Å². The van der Waals surface area contributed by atoms with Gasteiger partial charge in [-0.1, -0.05) is 12.1 Å². The maximum Gasteiger partial charge on any atom is 0.254 e. The van der Waals surface area contributed by atoms with Crippen molar-refractivity contribution in [3.8, 4) is 0 Å². The van der Waals surface area contributed by atoms with Crippen molar-refractivity contribution in [2.75, 3.05) is 23.3 Å². The van der Waals surface area contributed by atoms with Crippen LogP contribution in [0.4, 0.5) is 15.9 Å². The molecule has 7 heteroatoms. The highest BCUT2D eigenvalue weighted by Gasteiger charge is 2.22. The number of nitrogens with zero attached hydrogens (tertiary/aromatic N) is 5. The Morgan fingerprint density at radius 1 is 1.29 bits per heavy atom. The summed E-state index contributed by atoms with van der Waals surface area (Å²) in [5.74, 6) is 1.28. The maximum atomic E-state index is 14.1. The molecule has 1 aliphatic heterocycles. The van der Waals surface area contributed by atoms with E-state index in [-0.39, 0.29) is 11.9 Å². The highest BCUT2D eigenvalue weighted by atomic mass is 19.1. The second kappa shape index (κ2) is 6.07. The third-order valence-corrected chi connectivity index (χ3v) is 4.35. The van der Waals surface area contributed by atoms with Gasteiger partial charge in [0.05, 0.1) is 5.69 Å². The molecule has 1 unspecified atom stereocenters. The minimum absolute atomic E-state index is 0.170. The monoisotopic (exact) mass is 326 g/mol. The highest BCUT2D eigenvalue weighted by molar-refractivity contribution is 5.50. The first-order valence-electron chi connectivity index (χ1n) is 8.14. The quantitative estimate of drug-likeness (QED) is 0.802. The van der Waals surface area contributed by atoms with E-state index < -0.39 is 0 Å². The van der Waals surface area contributed by atoms with Crippen molar-refractivity contribution in [1.82, 2.24) is 19.6 Å². The van der Waals surface area contributed by atoms with E-state index in [1.54, 1.807) is 10.6 Å². The average molecular weight is 326 g/mol. The van der Waals surface area contributed by atoms with Gasteiger partial charge in [0.25, 0.3) is 5.78 Å². The van der Waals surface area contributed by atoms with Crippen molar-refractivity contribution in [3.05, 3.63) is 48.2 Å². The Balaban J connectivity index is 1.56. The summed E-state index contributed by atoms with van der Waals surface area (Å²) in [6, 6.07) is 9.12. The van der Waals surface area contributed by atoms with Crippen LogP contribution in [0.1, 0.15) is 18.5 Å². The molecule has 1 aromatic carbocycles. The number of rotatable bonds is 3. The molecule has 0 saturated carbocycles. The normalized spacial score (nSPS) is 18.1. The first-order valence-corrected chi connectivity index (χ1v) is 8.14. The van der Waals surface area contributed by atoms with Crippen molar-refractivity contribution in [3.63, 3.8) is 0 Å². The van der Waals surface area contributed by atoms with Gasteiger partial charge in [-0.25, -0.2) is 9.37 Å². The fraction of sp³-hybridized carbons (Fsp3) is 0.353. The molecule has 1 N–H and O–H groups in total. The van der Waals surface area contributed by atoms with E-state index in [4.69, 9.17) is 0 Å². The molecule has 0 aliphatic carbocycles. The van der Waals surface area contributed by atoms with E-state index in [1.165, 1.54) is 12.4 Å². The first-order chi connectivity index (χ1) is 11.7. The van der Waals surface area contributed by atoms with Gasteiger partial charge in [-0.2, -0.15) is 14.6 Å². The van der Waals surface area contributed by atoms with Gasteiger partial charge in [-0.15, -0.1) is 0 Å². The van der Waals surface area contributed by atoms with Crippen LogP contribution >= 0.6 is 0 Å². The Bertz CT molecular complexity index is 861. The van der Waals surface area contributed by atoms with Crippen molar-refractivity contribution in [1.29, 1.82) is 0 Å². The van der Waals surface area contributed by atoms with Crippen LogP contribution in [0.3, 0.4) is 0 Å². The molecule has 3 aromatic rings. The van der Waals surface area contributed by atoms with Crippen LogP contribution in [0, 0.1) is 12.7 Å². The number of benzene rings is 1. The molecule has 0 bridgehead atoms. The minimum atomic E-state index is -0.170. The fourth-order valence-electron chi connectivity index (χ4n) is 3.26. The molecule has 124 valence electrons. The van der Waals surface area contributed by atoms with Crippen LogP contribution < -0.4 is 10.2 Å². The number of fused-ring (bicyclic) bond motifs is 1. The molecule has 2 aromatic heterocycles. The molecule has 3 heterocycles. The number of anilines is 2. The number of nitrogens with one attached hydrogen (secondary N) is 1. The lowest BCUT2D eigenvalue weighted by Gasteiger charge is -2.35. The summed E-state index contributed by atoms with van der Waals surface area (Å²) in [6.45, 7) is 3.55. The summed E-state index contributed by atoms with van der Waals surface area (Å²) in [5.41, 5.74) is 1.56. The van der Waals surface area contributed by atoms with Crippen LogP contribution in [-0.4, -0.2) is 38.7 Å². The summed E-state index contributed by atoms with van der Waals surface area (Å²) in [4.78, 5) is 10.6. The van der Waals surface area contributed by atoms with Crippen molar-refractivity contribution < 1.29 is 4.39 Å². The predicted molar refractivity (Wildman–Crippen MR) is 90.8 cm³/mol. The van der Waals surface area contributed by atoms with E-state index in [0.29, 0.717) is 11.5 Å². The molecule has 24 heavy (non-hydrogen) atoms. The standard InChI is InChI=1S/C17H19FN6/c1-12-9-16(24-17(21-12)19-11-20-24)22-13-5-4-8-23(10-13)15-7-3-2-6-14(15)18/h2-3,6-7,9,11,13,22H,4-5,8,10H2,1H3.